The summed E-state index contributed by atoms with van der Waals surface area (Å²) >= 11 is 0. The number of carbonyl (C=O) groups is 2. The van der Waals surface area contributed by atoms with Gasteiger partial charge >= 0.3 is 12.1 Å². The molecule has 0 aliphatic heterocycles. The number of rotatable bonds is 6. The van der Waals surface area contributed by atoms with Crippen LogP contribution in [0.4, 0.5) is 13.2 Å². The van der Waals surface area contributed by atoms with E-state index in [1.54, 1.807) is 11.9 Å². The number of fused-ring (bicyclic) bond motifs is 1. The molecule has 154 valence electrons. The minimum atomic E-state index is -5.08. The molecular formula is C16H20F3N5O4. The summed E-state index contributed by atoms with van der Waals surface area (Å²) in [4.78, 5) is 45.0. The topological polar surface area (TPSA) is 142 Å². The van der Waals surface area contributed by atoms with Crippen molar-refractivity contribution in [1.82, 2.24) is 19.9 Å². The molecule has 0 aromatic carbocycles. The van der Waals surface area contributed by atoms with Crippen molar-refractivity contribution in [1.29, 1.82) is 0 Å². The number of aromatic amines is 1. The van der Waals surface area contributed by atoms with Crippen molar-refractivity contribution in [2.24, 2.45) is 5.73 Å². The van der Waals surface area contributed by atoms with Crippen molar-refractivity contribution in [3.63, 3.8) is 0 Å². The highest BCUT2D eigenvalue weighted by Gasteiger charge is 2.38. The molecule has 0 atom stereocenters. The number of carboxylic acids is 1. The zero-order valence-corrected chi connectivity index (χ0v) is 15.0. The Balaban J connectivity index is 0.000000480. The number of halogens is 3. The van der Waals surface area contributed by atoms with Crippen LogP contribution in [0.5, 0.6) is 0 Å². The van der Waals surface area contributed by atoms with Crippen molar-refractivity contribution < 1.29 is 27.9 Å². The van der Waals surface area contributed by atoms with Gasteiger partial charge in [0, 0.05) is 19.8 Å². The Morgan fingerprint density at radius 2 is 1.89 bits per heavy atom. The van der Waals surface area contributed by atoms with Crippen LogP contribution < -0.4 is 11.3 Å². The lowest BCUT2D eigenvalue weighted by molar-refractivity contribution is -0.192. The van der Waals surface area contributed by atoms with Crippen molar-refractivity contribution in [3.05, 3.63) is 34.5 Å². The first-order chi connectivity index (χ1) is 13.1. The first kappa shape index (κ1) is 23.0. The molecular weight excluding hydrogens is 383 g/mol. The molecule has 2 aromatic heterocycles. The average Bonchev–Trinajstić information content (AvgIpc) is 2.64. The van der Waals surface area contributed by atoms with Crippen LogP contribution in [-0.2, 0) is 4.79 Å². The minimum Gasteiger partial charge on any atom is -0.475 e. The van der Waals surface area contributed by atoms with E-state index in [2.05, 4.69) is 15.0 Å². The monoisotopic (exact) mass is 403 g/mol. The molecule has 2 heterocycles. The predicted octanol–water partition coefficient (Wildman–Crippen LogP) is 1.15. The van der Waals surface area contributed by atoms with Gasteiger partial charge in [-0.25, -0.2) is 14.8 Å². The molecule has 28 heavy (non-hydrogen) atoms. The van der Waals surface area contributed by atoms with E-state index in [9.17, 15) is 22.8 Å². The van der Waals surface area contributed by atoms with E-state index in [0.29, 0.717) is 29.7 Å². The van der Waals surface area contributed by atoms with Gasteiger partial charge in [0.2, 0.25) is 0 Å². The summed E-state index contributed by atoms with van der Waals surface area (Å²) in [5.74, 6) is -2.91. The number of alkyl halides is 3. The standard InChI is InChI=1S/C14H19N5O2.C2HF3O2/c1-19(6-4-2-3-5-15)14(21)10-7-11-12(16-8-10)17-9-18-13(11)20;3-2(4,5)1(6)7/h7-9H,2-6,15H2,1H3,(H,16,17,18,20);(H,6,7). The lowest BCUT2D eigenvalue weighted by Crippen LogP contribution is -2.28. The van der Waals surface area contributed by atoms with Gasteiger partial charge in [0.05, 0.1) is 17.3 Å². The van der Waals surface area contributed by atoms with Crippen LogP contribution in [0.15, 0.2) is 23.4 Å². The number of nitrogens with two attached hydrogens (primary N) is 1. The molecule has 0 aliphatic carbocycles. The van der Waals surface area contributed by atoms with Gasteiger partial charge in [0.15, 0.2) is 5.65 Å². The Hall–Kier alpha value is -3.02. The van der Waals surface area contributed by atoms with Crippen molar-refractivity contribution in [2.75, 3.05) is 20.1 Å². The van der Waals surface area contributed by atoms with Gasteiger partial charge in [-0.1, -0.05) is 6.42 Å². The minimum absolute atomic E-state index is 0.152. The second kappa shape index (κ2) is 10.3. The molecule has 0 fully saturated rings. The maximum Gasteiger partial charge on any atom is 0.490 e. The molecule has 1 amide bonds. The third-order valence-corrected chi connectivity index (χ3v) is 3.53. The molecule has 0 unspecified atom stereocenters. The van der Waals surface area contributed by atoms with Gasteiger partial charge in [-0.15, -0.1) is 0 Å². The Morgan fingerprint density at radius 1 is 1.25 bits per heavy atom. The number of hydrogen-bond acceptors (Lipinski definition) is 6. The molecule has 0 radical (unpaired) electrons. The molecule has 0 saturated carbocycles. The SMILES string of the molecule is CN(CCCCCN)C(=O)c1cnc2nc[nH]c(=O)c2c1.O=C(O)C(F)(F)F. The second-order valence-corrected chi connectivity index (χ2v) is 5.71. The molecule has 0 aliphatic rings. The number of amides is 1. The number of pyridine rings is 1. The summed E-state index contributed by atoms with van der Waals surface area (Å²) in [7, 11) is 1.74. The predicted molar refractivity (Wildman–Crippen MR) is 93.7 cm³/mol. The van der Waals surface area contributed by atoms with Crippen LogP contribution in [0, 0.1) is 0 Å². The largest absolute Gasteiger partial charge is 0.490 e. The first-order valence-corrected chi connectivity index (χ1v) is 8.17. The highest BCUT2D eigenvalue weighted by Crippen LogP contribution is 2.13. The quantitative estimate of drug-likeness (QED) is 0.614. The van der Waals surface area contributed by atoms with E-state index in [-0.39, 0.29) is 11.5 Å². The van der Waals surface area contributed by atoms with Crippen molar-refractivity contribution in [2.45, 2.75) is 25.4 Å². The summed E-state index contributed by atoms with van der Waals surface area (Å²) in [6.07, 6.45) is 0.521. The van der Waals surface area contributed by atoms with Crippen LogP contribution in [0.2, 0.25) is 0 Å². The van der Waals surface area contributed by atoms with E-state index in [0.717, 1.165) is 19.3 Å². The van der Waals surface area contributed by atoms with Crippen LogP contribution in [0.25, 0.3) is 11.0 Å². The Bertz CT molecular complexity index is 869. The van der Waals surface area contributed by atoms with E-state index in [1.165, 1.54) is 18.6 Å². The number of carboxylic acid groups (broad SMARTS) is 1. The Kier molecular flexibility index (Phi) is 8.51. The van der Waals surface area contributed by atoms with Gasteiger partial charge in [0.1, 0.15) is 0 Å². The van der Waals surface area contributed by atoms with Crippen molar-refractivity contribution in [3.8, 4) is 0 Å². The highest BCUT2D eigenvalue weighted by molar-refractivity contribution is 5.96. The first-order valence-electron chi connectivity index (χ1n) is 8.17. The Labute approximate surface area is 157 Å². The zero-order chi connectivity index (χ0) is 21.3. The van der Waals surface area contributed by atoms with Gasteiger partial charge in [-0.05, 0) is 25.5 Å². The molecule has 0 spiro atoms. The van der Waals surface area contributed by atoms with Gasteiger partial charge in [-0.2, -0.15) is 13.2 Å². The lowest BCUT2D eigenvalue weighted by atomic mass is 10.2. The number of aliphatic carboxylic acids is 1. The fraction of sp³-hybridized carbons (Fsp3) is 0.438. The summed E-state index contributed by atoms with van der Waals surface area (Å²) in [5.41, 5.74) is 5.86. The van der Waals surface area contributed by atoms with E-state index < -0.39 is 12.1 Å². The van der Waals surface area contributed by atoms with Crippen LogP contribution in [0.1, 0.15) is 29.6 Å². The smallest absolute Gasteiger partial charge is 0.475 e. The highest BCUT2D eigenvalue weighted by atomic mass is 19.4. The fourth-order valence-corrected chi connectivity index (χ4v) is 2.07. The number of hydrogen-bond donors (Lipinski definition) is 3. The number of carbonyl (C=O) groups excluding carboxylic acids is 1. The normalized spacial score (nSPS) is 10.9. The number of unbranched alkanes of at least 4 members (excludes halogenated alkanes) is 2. The van der Waals surface area contributed by atoms with Crippen LogP contribution in [0.3, 0.4) is 0 Å². The Morgan fingerprint density at radius 3 is 2.46 bits per heavy atom. The van der Waals surface area contributed by atoms with Crippen molar-refractivity contribution >= 4 is 22.9 Å². The number of nitrogens with zero attached hydrogens (tertiary/aromatic N) is 3. The summed E-state index contributed by atoms with van der Waals surface area (Å²) < 4.78 is 31.7. The van der Waals surface area contributed by atoms with Gasteiger partial charge < -0.3 is 20.7 Å². The summed E-state index contributed by atoms with van der Waals surface area (Å²) in [5, 5.41) is 7.44. The van der Waals surface area contributed by atoms with Gasteiger partial charge in [0.25, 0.3) is 11.5 Å². The van der Waals surface area contributed by atoms with E-state index in [4.69, 9.17) is 15.6 Å². The second-order valence-electron chi connectivity index (χ2n) is 5.71. The number of aromatic nitrogens is 3. The van der Waals surface area contributed by atoms with Gasteiger partial charge in [-0.3, -0.25) is 9.59 Å². The number of nitrogens with one attached hydrogen (secondary N) is 1. The fourth-order valence-electron chi connectivity index (χ4n) is 2.07. The maximum absolute atomic E-state index is 12.3. The molecule has 2 aromatic rings. The molecule has 4 N–H and O–H groups in total. The third-order valence-electron chi connectivity index (χ3n) is 3.53. The number of H-pyrrole nitrogens is 1. The third kappa shape index (κ3) is 6.95. The lowest BCUT2D eigenvalue weighted by Gasteiger charge is -2.17. The molecule has 2 rings (SSSR count). The summed E-state index contributed by atoms with van der Waals surface area (Å²) in [6, 6.07) is 1.53. The summed E-state index contributed by atoms with van der Waals surface area (Å²) in [6.45, 7) is 1.32. The molecule has 12 heteroatoms. The average molecular weight is 403 g/mol. The molecule has 0 saturated heterocycles. The van der Waals surface area contributed by atoms with E-state index >= 15 is 0 Å². The molecule has 0 bridgehead atoms. The maximum atomic E-state index is 12.3. The van der Waals surface area contributed by atoms with E-state index in [1.807, 2.05) is 0 Å². The zero-order valence-electron chi connectivity index (χ0n) is 15.0. The molecule has 9 nitrogen and oxygen atoms in total. The van der Waals surface area contributed by atoms with Crippen LogP contribution in [-0.4, -0.2) is 63.1 Å². The van der Waals surface area contributed by atoms with Crippen LogP contribution >= 0.6 is 0 Å².